The zero-order valence-corrected chi connectivity index (χ0v) is 7.96. The number of fused-ring (bicyclic) bond motifs is 1. The van der Waals surface area contributed by atoms with Crippen molar-refractivity contribution >= 4 is 10.9 Å². The molecule has 0 saturated heterocycles. The number of hydrogen-bond acceptors (Lipinski definition) is 2. The molecule has 0 bridgehead atoms. The van der Waals surface area contributed by atoms with Gasteiger partial charge < -0.3 is 10.1 Å². The topological polar surface area (TPSA) is 84.8 Å². The molecule has 0 saturated carbocycles. The predicted octanol–water partition coefficient (Wildman–Crippen LogP) is 2.51. The summed E-state index contributed by atoms with van der Waals surface area (Å²) in [5.41, 5.74) is 10.1. The Bertz CT molecular complexity index is 513. The maximum absolute atomic E-state index is 9.06. The summed E-state index contributed by atoms with van der Waals surface area (Å²) in [6.07, 6.45) is 1.84. The monoisotopic (exact) mass is 202 g/mol. The summed E-state index contributed by atoms with van der Waals surface area (Å²) in [5.74, 6) is 0. The van der Waals surface area contributed by atoms with E-state index in [9.17, 15) is 0 Å². The molecule has 0 fully saturated rings. The van der Waals surface area contributed by atoms with Gasteiger partial charge in [0.1, 0.15) is 0 Å². The molecule has 0 spiro atoms. The van der Waals surface area contributed by atoms with Gasteiger partial charge in [-0.1, -0.05) is 17.2 Å². The number of benzene rings is 1. The molecule has 15 heavy (non-hydrogen) atoms. The van der Waals surface area contributed by atoms with Crippen molar-refractivity contribution in [2.75, 3.05) is 6.61 Å². The Morgan fingerprint density at radius 1 is 1.47 bits per heavy atom. The first-order valence-corrected chi connectivity index (χ1v) is 4.57. The largest absolute Gasteiger partial charge is 0.396 e. The summed E-state index contributed by atoms with van der Waals surface area (Å²) in [6.45, 7) is -0.184. The summed E-state index contributed by atoms with van der Waals surface area (Å²) in [6, 6.07) is 7.11. The van der Waals surface area contributed by atoms with Crippen molar-refractivity contribution in [3.05, 3.63) is 46.5 Å². The van der Waals surface area contributed by atoms with Crippen LogP contribution in [0.15, 0.2) is 35.6 Å². The number of H-pyrrole nitrogens is 1. The van der Waals surface area contributed by atoms with E-state index in [2.05, 4.69) is 15.0 Å². The lowest BCUT2D eigenvalue weighted by Crippen LogP contribution is -1.99. The van der Waals surface area contributed by atoms with E-state index < -0.39 is 6.04 Å². The van der Waals surface area contributed by atoms with E-state index >= 15 is 0 Å². The van der Waals surface area contributed by atoms with Crippen LogP contribution in [0.1, 0.15) is 11.6 Å². The van der Waals surface area contributed by atoms with E-state index in [0.717, 1.165) is 16.5 Å². The minimum absolute atomic E-state index is 0.184. The molecule has 0 radical (unpaired) electrons. The lowest BCUT2D eigenvalue weighted by Gasteiger charge is -2.07. The number of hydrogen-bond donors (Lipinski definition) is 2. The molecule has 2 rings (SSSR count). The Balaban J connectivity index is 2.45. The van der Waals surface area contributed by atoms with Gasteiger partial charge in [0, 0.05) is 16.6 Å². The first-order chi connectivity index (χ1) is 7.35. The Kier molecular flexibility index (Phi) is 2.58. The van der Waals surface area contributed by atoms with Crippen LogP contribution in [0.4, 0.5) is 0 Å². The van der Waals surface area contributed by atoms with Crippen LogP contribution in [0, 0.1) is 0 Å². The number of aromatic nitrogens is 1. The number of aromatic amines is 1. The van der Waals surface area contributed by atoms with Crippen molar-refractivity contribution in [3.8, 4) is 0 Å². The molecule has 0 aliphatic rings. The quantitative estimate of drug-likeness (QED) is 0.447. The summed E-state index contributed by atoms with van der Waals surface area (Å²) >= 11 is 0. The van der Waals surface area contributed by atoms with Gasteiger partial charge in [0.25, 0.3) is 0 Å². The summed E-state index contributed by atoms with van der Waals surface area (Å²) in [5, 5.41) is 13.7. The normalized spacial score (nSPS) is 12.3. The van der Waals surface area contributed by atoms with Crippen molar-refractivity contribution < 1.29 is 5.11 Å². The van der Waals surface area contributed by atoms with Crippen molar-refractivity contribution in [1.29, 1.82) is 0 Å². The lowest BCUT2D eigenvalue weighted by molar-refractivity contribution is 0.268. The second-order valence-electron chi connectivity index (χ2n) is 3.23. The molecule has 1 aromatic heterocycles. The highest BCUT2D eigenvalue weighted by Crippen LogP contribution is 2.21. The van der Waals surface area contributed by atoms with Crippen molar-refractivity contribution in [1.82, 2.24) is 4.98 Å². The van der Waals surface area contributed by atoms with Crippen LogP contribution in [0.25, 0.3) is 21.3 Å². The fraction of sp³-hybridized carbons (Fsp3) is 0.200. The number of aliphatic hydroxyl groups excluding tert-OH is 1. The fourth-order valence-electron chi connectivity index (χ4n) is 1.54. The van der Waals surface area contributed by atoms with Crippen molar-refractivity contribution in [2.24, 2.45) is 5.11 Å². The predicted molar refractivity (Wildman–Crippen MR) is 57.3 cm³/mol. The van der Waals surface area contributed by atoms with E-state index in [0.29, 0.717) is 0 Å². The second-order valence-corrected chi connectivity index (χ2v) is 3.23. The van der Waals surface area contributed by atoms with Gasteiger partial charge in [0.05, 0.1) is 12.6 Å². The Morgan fingerprint density at radius 3 is 3.07 bits per heavy atom. The molecule has 5 heteroatoms. The molecule has 1 heterocycles. The van der Waals surface area contributed by atoms with Crippen LogP contribution < -0.4 is 0 Å². The summed E-state index contributed by atoms with van der Waals surface area (Å²) in [4.78, 5) is 5.77. The van der Waals surface area contributed by atoms with Crippen LogP contribution in [-0.4, -0.2) is 16.7 Å². The van der Waals surface area contributed by atoms with Gasteiger partial charge in [-0.3, -0.25) is 0 Å². The zero-order valence-electron chi connectivity index (χ0n) is 7.96. The molecule has 0 aliphatic carbocycles. The number of rotatable bonds is 3. The number of nitrogens with zero attached hydrogens (tertiary/aromatic N) is 3. The SMILES string of the molecule is [N-]=[N+]=NC(CO)c1ccc2cc[nH]c2c1. The molecule has 1 unspecified atom stereocenters. The first kappa shape index (κ1) is 9.58. The third-order valence-corrected chi connectivity index (χ3v) is 2.33. The maximum Gasteiger partial charge on any atom is 0.0857 e. The summed E-state index contributed by atoms with van der Waals surface area (Å²) in [7, 11) is 0. The minimum atomic E-state index is -0.511. The standard InChI is InChI=1S/C10H10N4O/c11-14-13-10(6-15)8-2-1-7-3-4-12-9(7)5-8/h1-5,10,12,15H,6H2. The molecule has 0 amide bonds. The maximum atomic E-state index is 9.06. The molecular formula is C10H10N4O. The van der Waals surface area contributed by atoms with Crippen LogP contribution in [0.5, 0.6) is 0 Å². The third kappa shape index (κ3) is 1.79. The van der Waals surface area contributed by atoms with E-state index in [-0.39, 0.29) is 6.61 Å². The third-order valence-electron chi connectivity index (χ3n) is 2.33. The Morgan fingerprint density at radius 2 is 2.33 bits per heavy atom. The minimum Gasteiger partial charge on any atom is -0.396 e. The van der Waals surface area contributed by atoms with Gasteiger partial charge in [0.2, 0.25) is 0 Å². The molecule has 0 aliphatic heterocycles. The summed E-state index contributed by atoms with van der Waals surface area (Å²) < 4.78 is 0. The number of nitrogens with one attached hydrogen (secondary N) is 1. The zero-order chi connectivity index (χ0) is 10.7. The van der Waals surface area contributed by atoms with Crippen molar-refractivity contribution in [2.45, 2.75) is 6.04 Å². The molecular weight excluding hydrogens is 192 g/mol. The van der Waals surface area contributed by atoms with Gasteiger partial charge in [-0.05, 0) is 28.6 Å². The van der Waals surface area contributed by atoms with Gasteiger partial charge in [-0.25, -0.2) is 0 Å². The van der Waals surface area contributed by atoms with E-state index in [1.807, 2.05) is 30.5 Å². The molecule has 1 aromatic carbocycles. The highest BCUT2D eigenvalue weighted by Gasteiger charge is 2.08. The number of azide groups is 1. The van der Waals surface area contributed by atoms with Crippen LogP contribution in [0.2, 0.25) is 0 Å². The van der Waals surface area contributed by atoms with E-state index in [1.165, 1.54) is 0 Å². The molecule has 2 N–H and O–H groups in total. The van der Waals surface area contributed by atoms with E-state index in [4.69, 9.17) is 10.6 Å². The number of aliphatic hydroxyl groups is 1. The molecule has 2 aromatic rings. The average molecular weight is 202 g/mol. The highest BCUT2D eigenvalue weighted by molar-refractivity contribution is 5.79. The smallest absolute Gasteiger partial charge is 0.0857 e. The van der Waals surface area contributed by atoms with Gasteiger partial charge >= 0.3 is 0 Å². The van der Waals surface area contributed by atoms with Crippen LogP contribution >= 0.6 is 0 Å². The Hall–Kier alpha value is -1.97. The van der Waals surface area contributed by atoms with E-state index in [1.54, 1.807) is 0 Å². The molecule has 76 valence electrons. The van der Waals surface area contributed by atoms with Crippen molar-refractivity contribution in [3.63, 3.8) is 0 Å². The average Bonchev–Trinajstić information content (AvgIpc) is 2.72. The second kappa shape index (κ2) is 4.04. The van der Waals surface area contributed by atoms with Gasteiger partial charge in [-0.15, -0.1) is 0 Å². The fourth-order valence-corrected chi connectivity index (χ4v) is 1.54. The Labute approximate surface area is 86.0 Å². The van der Waals surface area contributed by atoms with Gasteiger partial charge in [-0.2, -0.15) is 0 Å². The van der Waals surface area contributed by atoms with Crippen LogP contribution in [0.3, 0.4) is 0 Å². The first-order valence-electron chi connectivity index (χ1n) is 4.57. The van der Waals surface area contributed by atoms with Gasteiger partial charge in [0.15, 0.2) is 0 Å². The molecule has 1 atom stereocenters. The molecule has 5 nitrogen and oxygen atoms in total. The van der Waals surface area contributed by atoms with Crippen LogP contribution in [-0.2, 0) is 0 Å². The highest BCUT2D eigenvalue weighted by atomic mass is 16.3. The lowest BCUT2D eigenvalue weighted by atomic mass is 10.1.